The minimum atomic E-state index is -0.110. The van der Waals surface area contributed by atoms with E-state index in [9.17, 15) is 9.59 Å². The first-order valence-electron chi connectivity index (χ1n) is 9.20. The van der Waals surface area contributed by atoms with Gasteiger partial charge in [0, 0.05) is 38.9 Å². The molecule has 0 aromatic heterocycles. The van der Waals surface area contributed by atoms with Crippen LogP contribution in [0.4, 0.5) is 5.69 Å². The summed E-state index contributed by atoms with van der Waals surface area (Å²) in [6, 6.07) is 14.6. The molecule has 1 aliphatic rings. The summed E-state index contributed by atoms with van der Waals surface area (Å²) in [6.45, 7) is 3.31. The summed E-state index contributed by atoms with van der Waals surface area (Å²) in [7, 11) is 1.65. The van der Waals surface area contributed by atoms with E-state index < -0.39 is 0 Å². The molecule has 0 aliphatic carbocycles. The van der Waals surface area contributed by atoms with Crippen LogP contribution >= 0.6 is 11.6 Å². The Labute approximate surface area is 170 Å². The Morgan fingerprint density at radius 2 is 1.71 bits per heavy atom. The van der Waals surface area contributed by atoms with E-state index >= 15 is 0 Å². The first-order valence-corrected chi connectivity index (χ1v) is 9.58. The number of carbonyl (C=O) groups excluding carboxylic acids is 2. The Hall–Kier alpha value is -2.41. The SMILES string of the molecule is COCc1ccc(C(=O)N2CCN(CC(=O)Nc3ccccc3Cl)CC2)cc1. The number of hydrogen-bond donors (Lipinski definition) is 1. The van der Waals surface area contributed by atoms with Gasteiger partial charge in [0.2, 0.25) is 5.91 Å². The van der Waals surface area contributed by atoms with E-state index in [0.29, 0.717) is 49.1 Å². The average molecular weight is 402 g/mol. The number of piperazine rings is 1. The van der Waals surface area contributed by atoms with Gasteiger partial charge in [-0.15, -0.1) is 0 Å². The third-order valence-electron chi connectivity index (χ3n) is 4.69. The summed E-state index contributed by atoms with van der Waals surface area (Å²) in [4.78, 5) is 28.8. The van der Waals surface area contributed by atoms with E-state index in [1.165, 1.54) is 0 Å². The van der Waals surface area contributed by atoms with Crippen LogP contribution in [-0.4, -0.2) is 61.4 Å². The Morgan fingerprint density at radius 1 is 1.04 bits per heavy atom. The molecule has 1 fully saturated rings. The lowest BCUT2D eigenvalue weighted by molar-refractivity contribution is -0.117. The zero-order valence-electron chi connectivity index (χ0n) is 15.9. The lowest BCUT2D eigenvalue weighted by Crippen LogP contribution is -2.50. The van der Waals surface area contributed by atoms with Gasteiger partial charge in [0.05, 0.1) is 23.9 Å². The Balaban J connectivity index is 1.48. The smallest absolute Gasteiger partial charge is 0.253 e. The number of para-hydroxylation sites is 1. The molecule has 7 heteroatoms. The predicted octanol–water partition coefficient (Wildman–Crippen LogP) is 2.88. The molecule has 28 heavy (non-hydrogen) atoms. The van der Waals surface area contributed by atoms with Gasteiger partial charge in [0.25, 0.3) is 5.91 Å². The van der Waals surface area contributed by atoms with Crippen LogP contribution in [0.25, 0.3) is 0 Å². The van der Waals surface area contributed by atoms with Gasteiger partial charge in [-0.3, -0.25) is 14.5 Å². The van der Waals surface area contributed by atoms with Crippen molar-refractivity contribution in [3.05, 3.63) is 64.7 Å². The van der Waals surface area contributed by atoms with E-state index in [-0.39, 0.29) is 18.4 Å². The number of rotatable bonds is 6. The number of carbonyl (C=O) groups is 2. The molecule has 148 valence electrons. The fourth-order valence-electron chi connectivity index (χ4n) is 3.16. The third kappa shape index (κ3) is 5.32. The molecule has 1 aliphatic heterocycles. The fraction of sp³-hybridized carbons (Fsp3) is 0.333. The number of hydrogen-bond acceptors (Lipinski definition) is 4. The molecule has 1 saturated heterocycles. The molecular weight excluding hydrogens is 378 g/mol. The lowest BCUT2D eigenvalue weighted by atomic mass is 10.1. The van der Waals surface area contributed by atoms with Crippen LogP contribution < -0.4 is 5.32 Å². The van der Waals surface area contributed by atoms with Gasteiger partial charge >= 0.3 is 0 Å². The molecule has 1 heterocycles. The fourth-order valence-corrected chi connectivity index (χ4v) is 3.34. The highest BCUT2D eigenvalue weighted by Gasteiger charge is 2.23. The van der Waals surface area contributed by atoms with E-state index in [1.807, 2.05) is 46.2 Å². The predicted molar refractivity (Wildman–Crippen MR) is 110 cm³/mol. The van der Waals surface area contributed by atoms with E-state index in [0.717, 1.165) is 5.56 Å². The Kier molecular flexibility index (Phi) is 7.03. The van der Waals surface area contributed by atoms with Crippen LogP contribution in [0.15, 0.2) is 48.5 Å². The Bertz CT molecular complexity index is 818. The van der Waals surface area contributed by atoms with Gasteiger partial charge in [-0.25, -0.2) is 0 Å². The van der Waals surface area contributed by atoms with E-state index in [2.05, 4.69) is 5.32 Å². The molecule has 1 N–H and O–H groups in total. The van der Waals surface area contributed by atoms with E-state index in [4.69, 9.17) is 16.3 Å². The van der Waals surface area contributed by atoms with Crippen molar-refractivity contribution in [1.82, 2.24) is 9.80 Å². The highest BCUT2D eigenvalue weighted by Crippen LogP contribution is 2.20. The summed E-state index contributed by atoms with van der Waals surface area (Å²) >= 11 is 6.07. The molecule has 6 nitrogen and oxygen atoms in total. The highest BCUT2D eigenvalue weighted by molar-refractivity contribution is 6.33. The molecule has 2 aromatic carbocycles. The molecule has 0 bridgehead atoms. The standard InChI is InChI=1S/C21H24ClN3O3/c1-28-15-16-6-8-17(9-7-16)21(27)25-12-10-24(11-13-25)14-20(26)23-19-5-3-2-4-18(19)22/h2-9H,10-15H2,1H3,(H,23,26). The number of nitrogens with zero attached hydrogens (tertiary/aromatic N) is 2. The number of methoxy groups -OCH3 is 1. The summed E-state index contributed by atoms with van der Waals surface area (Å²) in [5.41, 5.74) is 2.32. The van der Waals surface area contributed by atoms with Gasteiger partial charge in [-0.2, -0.15) is 0 Å². The van der Waals surface area contributed by atoms with Gasteiger partial charge in [-0.1, -0.05) is 35.9 Å². The maximum Gasteiger partial charge on any atom is 0.253 e. The third-order valence-corrected chi connectivity index (χ3v) is 5.02. The average Bonchev–Trinajstić information content (AvgIpc) is 2.71. The monoisotopic (exact) mass is 401 g/mol. The van der Waals surface area contributed by atoms with Crippen molar-refractivity contribution in [2.75, 3.05) is 45.2 Å². The van der Waals surface area contributed by atoms with Crippen LogP contribution in [-0.2, 0) is 16.1 Å². The number of halogens is 1. The molecule has 0 atom stereocenters. The maximum atomic E-state index is 12.7. The second-order valence-corrected chi connectivity index (χ2v) is 7.13. The number of ether oxygens (including phenoxy) is 1. The number of nitrogens with one attached hydrogen (secondary N) is 1. The molecular formula is C21H24ClN3O3. The van der Waals surface area contributed by atoms with Crippen LogP contribution in [0.5, 0.6) is 0 Å². The first-order chi connectivity index (χ1) is 13.6. The topological polar surface area (TPSA) is 61.9 Å². The molecule has 2 amide bonds. The van der Waals surface area contributed by atoms with Crippen molar-refractivity contribution in [3.63, 3.8) is 0 Å². The van der Waals surface area contributed by atoms with Crippen LogP contribution in [0.1, 0.15) is 15.9 Å². The Morgan fingerprint density at radius 3 is 2.36 bits per heavy atom. The van der Waals surface area contributed by atoms with Crippen LogP contribution in [0.2, 0.25) is 5.02 Å². The van der Waals surface area contributed by atoms with Crippen LogP contribution in [0, 0.1) is 0 Å². The van der Waals surface area contributed by atoms with Gasteiger partial charge in [0.1, 0.15) is 0 Å². The maximum absolute atomic E-state index is 12.7. The lowest BCUT2D eigenvalue weighted by Gasteiger charge is -2.34. The molecule has 2 aromatic rings. The quantitative estimate of drug-likeness (QED) is 0.808. The van der Waals surface area contributed by atoms with Gasteiger partial charge in [-0.05, 0) is 29.8 Å². The minimum absolute atomic E-state index is 0.0177. The molecule has 0 radical (unpaired) electrons. The normalized spacial score (nSPS) is 14.7. The van der Waals surface area contributed by atoms with Crippen molar-refractivity contribution in [2.45, 2.75) is 6.61 Å². The number of anilines is 1. The van der Waals surface area contributed by atoms with Crippen molar-refractivity contribution >= 4 is 29.1 Å². The molecule has 3 rings (SSSR count). The first kappa shape index (κ1) is 20.3. The summed E-state index contributed by atoms with van der Waals surface area (Å²) in [6.07, 6.45) is 0. The highest BCUT2D eigenvalue weighted by atomic mass is 35.5. The minimum Gasteiger partial charge on any atom is -0.380 e. The summed E-state index contributed by atoms with van der Waals surface area (Å²) in [5, 5.41) is 3.35. The summed E-state index contributed by atoms with van der Waals surface area (Å²) in [5.74, 6) is -0.0919. The van der Waals surface area contributed by atoms with Crippen molar-refractivity contribution in [3.8, 4) is 0 Å². The van der Waals surface area contributed by atoms with Gasteiger partial charge in [0.15, 0.2) is 0 Å². The van der Waals surface area contributed by atoms with Crippen LogP contribution in [0.3, 0.4) is 0 Å². The van der Waals surface area contributed by atoms with E-state index in [1.54, 1.807) is 19.2 Å². The molecule has 0 saturated carbocycles. The second-order valence-electron chi connectivity index (χ2n) is 6.73. The van der Waals surface area contributed by atoms with Crippen molar-refractivity contribution in [1.29, 1.82) is 0 Å². The second kappa shape index (κ2) is 9.68. The largest absolute Gasteiger partial charge is 0.380 e. The zero-order valence-corrected chi connectivity index (χ0v) is 16.6. The number of benzene rings is 2. The molecule has 0 unspecified atom stereocenters. The summed E-state index contributed by atoms with van der Waals surface area (Å²) < 4.78 is 5.09. The zero-order chi connectivity index (χ0) is 19.9. The number of amides is 2. The van der Waals surface area contributed by atoms with Crippen molar-refractivity contribution in [2.24, 2.45) is 0 Å². The van der Waals surface area contributed by atoms with Crippen molar-refractivity contribution < 1.29 is 14.3 Å². The molecule has 0 spiro atoms. The van der Waals surface area contributed by atoms with Gasteiger partial charge < -0.3 is 15.0 Å².